The van der Waals surface area contributed by atoms with Crippen molar-refractivity contribution in [1.29, 1.82) is 0 Å². The van der Waals surface area contributed by atoms with Crippen molar-refractivity contribution in [3.05, 3.63) is 194 Å². The topological polar surface area (TPSA) is 13.1 Å². The Morgan fingerprint density at radius 2 is 0.784 bits per heavy atom. The molecule has 0 aliphatic carbocycles. The van der Waals surface area contributed by atoms with E-state index >= 15 is 0 Å². The Morgan fingerprint density at radius 1 is 0.314 bits per heavy atom. The van der Waals surface area contributed by atoms with E-state index in [9.17, 15) is 0 Å². The maximum atomic E-state index is 8.95. The first-order valence-electron chi connectivity index (χ1n) is 19.2. The Morgan fingerprint density at radius 3 is 1.37 bits per heavy atom. The Bertz CT molecular complexity index is 3030. The predicted molar refractivity (Wildman–Crippen MR) is 216 cm³/mol. The van der Waals surface area contributed by atoms with Gasteiger partial charge in [-0.3, -0.25) is 0 Å². The van der Waals surface area contributed by atoms with Gasteiger partial charge in [-0.05, 0) is 95.4 Å². The van der Waals surface area contributed by atoms with Gasteiger partial charge in [0.25, 0.3) is 0 Å². The van der Waals surface area contributed by atoms with Crippen LogP contribution in [0, 0.1) is 0 Å². The van der Waals surface area contributed by atoms with Gasteiger partial charge in [-0.2, -0.15) is 0 Å². The van der Waals surface area contributed by atoms with Crippen LogP contribution in [0.2, 0.25) is 0 Å². The van der Waals surface area contributed by atoms with Gasteiger partial charge in [-0.1, -0.05) is 176 Å². The van der Waals surface area contributed by atoms with Crippen LogP contribution in [-0.4, -0.2) is 0 Å². The van der Waals surface area contributed by atoms with Gasteiger partial charge >= 0.3 is 0 Å². The first-order chi connectivity index (χ1) is 27.0. The highest BCUT2D eigenvalue weighted by molar-refractivity contribution is 6.25. The monoisotopic (exact) mass is 652 g/mol. The van der Waals surface area contributed by atoms with Crippen molar-refractivity contribution in [2.24, 2.45) is 0 Å². The Balaban J connectivity index is 1.15. The van der Waals surface area contributed by atoms with Crippen LogP contribution in [0.25, 0.3) is 99.1 Å². The molecule has 0 radical (unpaired) electrons. The molecule has 51 heavy (non-hydrogen) atoms. The Labute approximate surface area is 302 Å². The zero-order valence-electron chi connectivity index (χ0n) is 31.6. The lowest BCUT2D eigenvalue weighted by molar-refractivity contribution is 0.669. The average Bonchev–Trinajstić information content (AvgIpc) is 3.62. The smallest absolute Gasteiger partial charge is 0.136 e. The minimum Gasteiger partial charge on any atom is -0.456 e. The lowest BCUT2D eigenvalue weighted by Crippen LogP contribution is -1.91. The van der Waals surface area contributed by atoms with E-state index in [2.05, 4.69) is 109 Å². The van der Waals surface area contributed by atoms with Gasteiger partial charge < -0.3 is 4.42 Å². The average molecular weight is 653 g/mol. The molecule has 9 aromatic carbocycles. The summed E-state index contributed by atoms with van der Waals surface area (Å²) in [6.07, 6.45) is 0. The number of hydrogen-bond donors (Lipinski definition) is 0. The van der Waals surface area contributed by atoms with Crippen LogP contribution in [0.3, 0.4) is 0 Å². The first-order valence-corrected chi connectivity index (χ1v) is 17.2. The summed E-state index contributed by atoms with van der Waals surface area (Å²) in [7, 11) is 0. The van der Waals surface area contributed by atoms with E-state index in [0.717, 1.165) is 76.9 Å². The molecule has 0 spiro atoms. The molecule has 0 unspecified atom stereocenters. The van der Waals surface area contributed by atoms with Gasteiger partial charge in [0, 0.05) is 10.8 Å². The van der Waals surface area contributed by atoms with E-state index in [1.807, 2.05) is 60.7 Å². The van der Waals surface area contributed by atoms with Gasteiger partial charge in [0.05, 0.1) is 5.48 Å². The fourth-order valence-electron chi connectivity index (χ4n) is 7.58. The zero-order valence-corrected chi connectivity index (χ0v) is 27.6. The van der Waals surface area contributed by atoms with Crippen LogP contribution in [0.4, 0.5) is 0 Å². The van der Waals surface area contributed by atoms with Crippen molar-refractivity contribution in [3.8, 4) is 55.6 Å². The molecule has 0 aliphatic heterocycles. The van der Waals surface area contributed by atoms with Gasteiger partial charge in [0.15, 0.2) is 0 Å². The lowest BCUT2D eigenvalue weighted by Gasteiger charge is -2.18. The summed E-state index contributed by atoms with van der Waals surface area (Å²) in [5.74, 6) is 0. The maximum absolute atomic E-state index is 8.95. The molecule has 0 saturated heterocycles. The van der Waals surface area contributed by atoms with Crippen LogP contribution in [0.1, 0.15) is 5.48 Å². The van der Waals surface area contributed by atoms with E-state index in [4.69, 9.17) is 9.90 Å². The summed E-state index contributed by atoms with van der Waals surface area (Å²) >= 11 is 0. The number of hydrogen-bond acceptors (Lipinski definition) is 1. The molecule has 1 heterocycles. The normalized spacial score (nSPS) is 12.6. The van der Waals surface area contributed by atoms with E-state index in [-0.39, 0.29) is 24.2 Å². The van der Waals surface area contributed by atoms with E-state index in [0.29, 0.717) is 22.3 Å². The molecule has 1 heteroatoms. The van der Waals surface area contributed by atoms with E-state index in [1.54, 1.807) is 0 Å². The first kappa shape index (κ1) is 25.3. The highest BCUT2D eigenvalue weighted by Crippen LogP contribution is 2.47. The number of rotatable bonds is 5. The molecule has 10 rings (SSSR count). The van der Waals surface area contributed by atoms with Crippen molar-refractivity contribution in [2.45, 2.75) is 0 Å². The SMILES string of the molecule is [2H]c1c([2H])c(-c2ccc(-c3c4ccccc4c(-c4cccc5oc6cc(-c7ccccc7)ccc6c45)c4ccccc34)cc2)c([2H])c([2H])c1-c1ccccc1. The second-order valence-corrected chi connectivity index (χ2v) is 12.9. The molecule has 10 aromatic rings. The third-order valence-electron chi connectivity index (χ3n) is 9.95. The molecule has 0 aliphatic rings. The molecule has 0 bridgehead atoms. The maximum Gasteiger partial charge on any atom is 0.136 e. The quantitative estimate of drug-likeness (QED) is 0.169. The fraction of sp³-hybridized carbons (Fsp3) is 0. The summed E-state index contributed by atoms with van der Waals surface area (Å²) < 4.78 is 42.1. The predicted octanol–water partition coefficient (Wildman–Crippen LogP) is 14.2. The van der Waals surface area contributed by atoms with Gasteiger partial charge in [0.1, 0.15) is 11.2 Å². The third kappa shape index (κ3) is 4.94. The van der Waals surface area contributed by atoms with Crippen molar-refractivity contribution >= 4 is 43.5 Å². The van der Waals surface area contributed by atoms with Crippen LogP contribution < -0.4 is 0 Å². The van der Waals surface area contributed by atoms with Crippen LogP contribution in [0.5, 0.6) is 0 Å². The van der Waals surface area contributed by atoms with Gasteiger partial charge in [-0.15, -0.1) is 0 Å². The Kier molecular flexibility index (Phi) is 5.96. The molecule has 0 saturated carbocycles. The van der Waals surface area contributed by atoms with Gasteiger partial charge in [0.2, 0.25) is 0 Å². The fourth-order valence-corrected chi connectivity index (χ4v) is 7.58. The highest BCUT2D eigenvalue weighted by atomic mass is 16.3. The minimum absolute atomic E-state index is 0.0455. The van der Waals surface area contributed by atoms with Crippen LogP contribution in [0.15, 0.2) is 198 Å². The number of furan rings is 1. The van der Waals surface area contributed by atoms with Crippen molar-refractivity contribution in [1.82, 2.24) is 0 Å². The Hall–Kier alpha value is -6.70. The highest BCUT2D eigenvalue weighted by Gasteiger charge is 2.20. The van der Waals surface area contributed by atoms with Crippen molar-refractivity contribution in [3.63, 3.8) is 0 Å². The molecule has 0 fully saturated rings. The number of fused-ring (bicyclic) bond motifs is 5. The summed E-state index contributed by atoms with van der Waals surface area (Å²) in [5, 5.41) is 6.62. The van der Waals surface area contributed by atoms with Crippen molar-refractivity contribution in [2.75, 3.05) is 0 Å². The minimum atomic E-state index is -0.0508. The molecule has 0 atom stereocenters. The van der Waals surface area contributed by atoms with Crippen LogP contribution >= 0.6 is 0 Å². The van der Waals surface area contributed by atoms with Crippen molar-refractivity contribution < 1.29 is 9.90 Å². The van der Waals surface area contributed by atoms with E-state index < -0.39 is 0 Å². The van der Waals surface area contributed by atoms with Crippen LogP contribution in [-0.2, 0) is 0 Å². The van der Waals surface area contributed by atoms with Gasteiger partial charge in [-0.25, -0.2) is 0 Å². The van der Waals surface area contributed by atoms with E-state index in [1.165, 1.54) is 0 Å². The second kappa shape index (κ2) is 12.0. The third-order valence-corrected chi connectivity index (χ3v) is 9.95. The molecular formula is C50H32O. The lowest BCUT2D eigenvalue weighted by atomic mass is 9.84. The molecule has 0 N–H and O–H groups in total. The standard InChI is InChI=1S/C50H32O/c1-3-12-33(13-4-1)35-22-24-36(25-23-35)37-26-28-38(29-27-37)48-40-16-7-9-18-42(40)49(43-19-10-8-17-41(43)48)45-20-11-21-46-50(45)44-31-30-39(32-47(44)51-46)34-14-5-2-6-15-34/h1-32H/i22D,23D,24D,25D. The number of benzene rings is 9. The molecule has 1 aromatic heterocycles. The summed E-state index contributed by atoms with van der Waals surface area (Å²) in [6, 6.07) is 57.2. The summed E-state index contributed by atoms with van der Waals surface area (Å²) in [4.78, 5) is 0. The molecule has 238 valence electrons. The summed E-state index contributed by atoms with van der Waals surface area (Å²) in [5.41, 5.74) is 10.2. The molecule has 0 amide bonds. The zero-order chi connectivity index (χ0) is 37.2. The summed E-state index contributed by atoms with van der Waals surface area (Å²) in [6.45, 7) is 0. The molecular weight excluding hydrogens is 617 g/mol. The molecule has 1 nitrogen and oxygen atoms in total. The largest absolute Gasteiger partial charge is 0.456 e. The second-order valence-electron chi connectivity index (χ2n) is 12.9.